The van der Waals surface area contributed by atoms with Crippen molar-refractivity contribution in [1.29, 1.82) is 0 Å². The Morgan fingerprint density at radius 1 is 1.14 bits per heavy atom. The van der Waals surface area contributed by atoms with E-state index in [2.05, 4.69) is 47.3 Å². The molecule has 9 heteroatoms. The van der Waals surface area contributed by atoms with Crippen LogP contribution in [0.4, 0.5) is 0 Å². The first-order chi connectivity index (χ1) is 23.9. The fraction of sp³-hybridized carbons (Fsp3) is 0.375. The molecular formula is C40H42N4O5. The van der Waals surface area contributed by atoms with Crippen LogP contribution in [0.5, 0.6) is 11.5 Å². The van der Waals surface area contributed by atoms with E-state index in [1.165, 1.54) is 0 Å². The number of unbranched alkanes of at least 4 members (excludes halogenated alkanes) is 2. The van der Waals surface area contributed by atoms with Gasteiger partial charge in [-0.25, -0.2) is 0 Å². The lowest BCUT2D eigenvalue weighted by Gasteiger charge is -2.26. The van der Waals surface area contributed by atoms with Crippen molar-refractivity contribution in [2.75, 3.05) is 0 Å². The molecule has 0 spiro atoms. The average molecular weight is 659 g/mol. The third kappa shape index (κ3) is 6.97. The maximum atomic E-state index is 12.7. The first-order valence-corrected chi connectivity index (χ1v) is 17.2. The zero-order chi connectivity index (χ0) is 33.9. The number of Topliss-reactive ketones (excluding diaryl/α,β-unsaturated/α-hetero) is 1. The SMILES string of the molecule is CCCCC[C@@H](O)CC(=O)CCc1ccc2c(c1)O[C@@H]1[C@H](C#C[C@@H](O)c3ccc4c(c3Cc3c[nH]c5cn1cc35)C=CN[C@@H]4N)CC#CO2. The van der Waals surface area contributed by atoms with E-state index in [4.69, 9.17) is 15.2 Å². The highest BCUT2D eigenvalue weighted by molar-refractivity contribution is 5.84. The van der Waals surface area contributed by atoms with Gasteiger partial charge in [0, 0.05) is 49.7 Å². The highest BCUT2D eigenvalue weighted by Crippen LogP contribution is 2.38. The Morgan fingerprint density at radius 3 is 2.90 bits per heavy atom. The summed E-state index contributed by atoms with van der Waals surface area (Å²) in [6.07, 6.45) is 15.9. The van der Waals surface area contributed by atoms with Crippen molar-refractivity contribution in [2.45, 2.75) is 89.3 Å². The van der Waals surface area contributed by atoms with E-state index in [1.54, 1.807) is 0 Å². The van der Waals surface area contributed by atoms with Crippen molar-refractivity contribution >= 4 is 22.8 Å². The van der Waals surface area contributed by atoms with Crippen LogP contribution in [0.3, 0.4) is 0 Å². The molecule has 3 aliphatic rings. The molecule has 5 atom stereocenters. The predicted molar refractivity (Wildman–Crippen MR) is 188 cm³/mol. The number of ketones is 1. The van der Waals surface area contributed by atoms with Gasteiger partial charge in [-0.1, -0.05) is 62.1 Å². The van der Waals surface area contributed by atoms with E-state index in [1.807, 2.05) is 59.6 Å². The fourth-order valence-electron chi connectivity index (χ4n) is 6.99. The summed E-state index contributed by atoms with van der Waals surface area (Å²) < 4.78 is 14.6. The van der Waals surface area contributed by atoms with Gasteiger partial charge < -0.3 is 40.3 Å². The van der Waals surface area contributed by atoms with Crippen molar-refractivity contribution in [2.24, 2.45) is 11.7 Å². The van der Waals surface area contributed by atoms with Crippen LogP contribution in [0.25, 0.3) is 17.0 Å². The third-order valence-corrected chi connectivity index (χ3v) is 9.70. The molecule has 49 heavy (non-hydrogen) atoms. The van der Waals surface area contributed by atoms with E-state index in [-0.39, 0.29) is 18.4 Å². The Balaban J connectivity index is 1.20. The van der Waals surface area contributed by atoms with Crippen LogP contribution < -0.4 is 20.5 Å². The zero-order valence-electron chi connectivity index (χ0n) is 27.7. The molecule has 0 saturated carbocycles. The second-order valence-corrected chi connectivity index (χ2v) is 13.2. The van der Waals surface area contributed by atoms with Crippen LogP contribution in [-0.4, -0.2) is 31.7 Å². The molecule has 7 rings (SSSR count). The number of aryl methyl sites for hydroxylation is 1. The number of H-pyrrole nitrogens is 1. The minimum absolute atomic E-state index is 0.0413. The number of aliphatic hydroxyl groups is 2. The van der Waals surface area contributed by atoms with E-state index < -0.39 is 24.4 Å². The Bertz CT molecular complexity index is 2020. The topological polar surface area (TPSA) is 135 Å². The van der Waals surface area contributed by atoms with Crippen LogP contribution in [0.15, 0.2) is 55.1 Å². The number of aliphatic hydroxyl groups excluding tert-OH is 2. The van der Waals surface area contributed by atoms with Gasteiger partial charge in [-0.05, 0) is 70.6 Å². The van der Waals surface area contributed by atoms with Crippen LogP contribution in [-0.2, 0) is 17.6 Å². The number of carbonyl (C=O) groups excluding carboxylic acids is 1. The van der Waals surface area contributed by atoms with Gasteiger partial charge in [0.2, 0.25) is 0 Å². The van der Waals surface area contributed by atoms with Crippen LogP contribution >= 0.6 is 0 Å². The Kier molecular flexibility index (Phi) is 9.50. The second kappa shape index (κ2) is 14.3. The summed E-state index contributed by atoms with van der Waals surface area (Å²) >= 11 is 0. The minimum atomic E-state index is -1.04. The lowest BCUT2D eigenvalue weighted by atomic mass is 9.87. The molecule has 4 aromatic rings. The molecule has 5 heterocycles. The number of hydrogen-bond acceptors (Lipinski definition) is 7. The standard InChI is InChI=1S/C40H42N4O5/c1-2-3-4-7-28(45)21-29(46)11-8-25-9-15-37-38(19-25)49-40-26(6-5-18-48-37)10-14-36(47)31-12-13-32-30(16-17-42-39(32)41)33(31)20-27-22-43-35-24-44(40)23-34(27)35/h9,12-13,15-17,19,22-24,26,28,36,39-40,42-43,45,47H,2-4,6-8,11,20-21,41H2,1H3/t26-,28+,36+,39-,40+/m0/s1. The maximum absolute atomic E-state index is 12.7. The molecule has 2 aromatic carbocycles. The number of aromatic amines is 1. The lowest BCUT2D eigenvalue weighted by molar-refractivity contribution is -0.121. The quantitative estimate of drug-likeness (QED) is 0.111. The van der Waals surface area contributed by atoms with Crippen LogP contribution in [0, 0.1) is 29.8 Å². The molecule has 2 bridgehead atoms. The summed E-state index contributed by atoms with van der Waals surface area (Å²) in [6, 6.07) is 9.52. The Morgan fingerprint density at radius 2 is 2.02 bits per heavy atom. The number of rotatable bonds is 9. The number of benzene rings is 2. The van der Waals surface area contributed by atoms with E-state index in [9.17, 15) is 15.0 Å². The number of aromatic nitrogens is 2. The largest absolute Gasteiger partial charge is 0.465 e. The fourth-order valence-corrected chi connectivity index (χ4v) is 6.99. The molecule has 3 aliphatic heterocycles. The van der Waals surface area contributed by atoms with Gasteiger partial charge in [-0.2, -0.15) is 0 Å². The summed E-state index contributed by atoms with van der Waals surface area (Å²) in [7, 11) is 0. The molecule has 252 valence electrons. The van der Waals surface area contributed by atoms with Crippen molar-refractivity contribution < 1.29 is 24.5 Å². The number of nitrogens with two attached hydrogens (primary N) is 1. The van der Waals surface area contributed by atoms with Crippen LogP contribution in [0.2, 0.25) is 0 Å². The molecule has 0 aliphatic carbocycles. The van der Waals surface area contributed by atoms with Gasteiger partial charge in [-0.3, -0.25) is 4.79 Å². The Labute approximate surface area is 286 Å². The van der Waals surface area contributed by atoms with E-state index in [0.29, 0.717) is 43.6 Å². The van der Waals surface area contributed by atoms with Crippen molar-refractivity contribution in [3.05, 3.63) is 88.5 Å². The smallest absolute Gasteiger partial charge is 0.190 e. The molecule has 0 saturated heterocycles. The monoisotopic (exact) mass is 658 g/mol. The first-order valence-electron chi connectivity index (χ1n) is 17.2. The summed E-state index contributed by atoms with van der Waals surface area (Å²) in [5, 5.41) is 26.0. The molecule has 9 nitrogen and oxygen atoms in total. The van der Waals surface area contributed by atoms with Gasteiger partial charge in [0.15, 0.2) is 17.7 Å². The second-order valence-electron chi connectivity index (χ2n) is 13.2. The zero-order valence-corrected chi connectivity index (χ0v) is 27.7. The van der Waals surface area contributed by atoms with Crippen LogP contribution in [0.1, 0.15) is 104 Å². The van der Waals surface area contributed by atoms with E-state index in [0.717, 1.165) is 63.5 Å². The number of nitrogens with zero attached hydrogens (tertiary/aromatic N) is 1. The summed E-state index contributed by atoms with van der Waals surface area (Å²) in [4.78, 5) is 16.1. The van der Waals surface area contributed by atoms with Gasteiger partial charge >= 0.3 is 0 Å². The number of nitrogens with one attached hydrogen (secondary N) is 2. The third-order valence-electron chi connectivity index (χ3n) is 9.70. The van der Waals surface area contributed by atoms with Crippen molar-refractivity contribution in [3.8, 4) is 35.4 Å². The molecule has 0 fully saturated rings. The number of fused-ring (bicyclic) bond motifs is 7. The van der Waals surface area contributed by atoms with Gasteiger partial charge in [-0.15, -0.1) is 0 Å². The number of carbonyl (C=O) groups is 1. The van der Waals surface area contributed by atoms with Gasteiger partial charge in [0.05, 0.1) is 17.5 Å². The molecule has 0 amide bonds. The molecule has 6 N–H and O–H groups in total. The Hall–Kier alpha value is -4.93. The van der Waals surface area contributed by atoms with Gasteiger partial charge in [0.1, 0.15) is 24.2 Å². The van der Waals surface area contributed by atoms with E-state index >= 15 is 0 Å². The molecule has 0 radical (unpaired) electrons. The molecule has 0 unspecified atom stereocenters. The highest BCUT2D eigenvalue weighted by Gasteiger charge is 2.29. The van der Waals surface area contributed by atoms with Crippen molar-refractivity contribution in [1.82, 2.24) is 14.9 Å². The summed E-state index contributed by atoms with van der Waals surface area (Å²) in [6.45, 7) is 2.12. The maximum Gasteiger partial charge on any atom is 0.190 e. The van der Waals surface area contributed by atoms with Crippen molar-refractivity contribution in [3.63, 3.8) is 0 Å². The minimum Gasteiger partial charge on any atom is -0.465 e. The highest BCUT2D eigenvalue weighted by atomic mass is 16.5. The lowest BCUT2D eigenvalue weighted by Crippen LogP contribution is -2.28. The molecule has 2 aromatic heterocycles. The summed E-state index contributed by atoms with van der Waals surface area (Å²) in [5.41, 5.74) is 13.0. The predicted octanol–water partition coefficient (Wildman–Crippen LogP) is 5.91. The molecular weight excluding hydrogens is 616 g/mol. The average Bonchev–Trinajstić information content (AvgIpc) is 3.70. The number of hydrogen-bond donors (Lipinski definition) is 5. The first kappa shape index (κ1) is 32.6. The normalized spacial score (nSPS) is 21.1. The van der Waals surface area contributed by atoms with Gasteiger partial charge in [0.25, 0.3) is 0 Å². The summed E-state index contributed by atoms with van der Waals surface area (Å²) in [5.74, 6) is 10.2. The number of ether oxygens (including phenoxy) is 2.